The molecule has 7 nitrogen and oxygen atoms in total. The van der Waals surface area contributed by atoms with Crippen LogP contribution in [0.1, 0.15) is 63.4 Å². The van der Waals surface area contributed by atoms with E-state index in [2.05, 4.69) is 9.88 Å². The normalized spacial score (nSPS) is 22.0. The third kappa shape index (κ3) is 5.13. The minimum absolute atomic E-state index is 0.163. The van der Waals surface area contributed by atoms with E-state index in [0.29, 0.717) is 25.2 Å². The smallest absolute Gasteiger partial charge is 0.409 e. The first kappa shape index (κ1) is 20.8. The second-order valence-corrected chi connectivity index (χ2v) is 7.68. The molecule has 1 unspecified atom stereocenters. The average Bonchev–Trinajstić information content (AvgIpc) is 2.96. The first-order valence-electron chi connectivity index (χ1n) is 10.7. The molecular formula is C21H34N4O3. The largest absolute Gasteiger partial charge is 0.490 e. The van der Waals surface area contributed by atoms with Crippen molar-refractivity contribution in [2.24, 2.45) is 0 Å². The van der Waals surface area contributed by atoms with E-state index >= 15 is 0 Å². The van der Waals surface area contributed by atoms with Crippen molar-refractivity contribution in [1.29, 1.82) is 0 Å². The van der Waals surface area contributed by atoms with Gasteiger partial charge in [-0.25, -0.2) is 14.8 Å². The zero-order valence-electron chi connectivity index (χ0n) is 17.5. The summed E-state index contributed by atoms with van der Waals surface area (Å²) in [6.45, 7) is 10.6. The fourth-order valence-electron chi connectivity index (χ4n) is 4.41. The van der Waals surface area contributed by atoms with E-state index in [4.69, 9.17) is 14.5 Å². The van der Waals surface area contributed by atoms with E-state index < -0.39 is 0 Å². The molecule has 2 aliphatic heterocycles. The molecule has 0 aliphatic carbocycles. The Bertz CT molecular complexity index is 647. The third-order valence-electron chi connectivity index (χ3n) is 5.86. The molecule has 0 N–H and O–H groups in total. The van der Waals surface area contributed by atoms with Gasteiger partial charge in [0.15, 0.2) is 5.75 Å². The van der Waals surface area contributed by atoms with E-state index in [1.54, 1.807) is 0 Å². The van der Waals surface area contributed by atoms with Gasteiger partial charge in [0.1, 0.15) is 5.82 Å². The Hall–Kier alpha value is -1.89. The van der Waals surface area contributed by atoms with Gasteiger partial charge < -0.3 is 19.3 Å². The van der Waals surface area contributed by atoms with Gasteiger partial charge >= 0.3 is 6.09 Å². The van der Waals surface area contributed by atoms with E-state index in [9.17, 15) is 4.79 Å². The van der Waals surface area contributed by atoms with Crippen LogP contribution in [0.25, 0.3) is 0 Å². The summed E-state index contributed by atoms with van der Waals surface area (Å²) in [5.41, 5.74) is 1.07. The lowest BCUT2D eigenvalue weighted by Gasteiger charge is -2.37. The Kier molecular flexibility index (Phi) is 7.48. The van der Waals surface area contributed by atoms with Gasteiger partial charge in [-0.3, -0.25) is 0 Å². The second kappa shape index (κ2) is 10.0. The molecule has 0 aromatic carbocycles. The van der Waals surface area contributed by atoms with Crippen LogP contribution in [0.5, 0.6) is 5.75 Å². The van der Waals surface area contributed by atoms with Crippen LogP contribution < -0.4 is 4.74 Å². The van der Waals surface area contributed by atoms with Crippen LogP contribution in [0, 0.1) is 6.92 Å². The molecule has 1 aromatic rings. The molecule has 3 rings (SSSR count). The Labute approximate surface area is 168 Å². The van der Waals surface area contributed by atoms with Gasteiger partial charge in [0.2, 0.25) is 0 Å². The minimum atomic E-state index is -0.163. The lowest BCUT2D eigenvalue weighted by molar-refractivity contribution is 0.105. The van der Waals surface area contributed by atoms with Crippen molar-refractivity contribution in [3.05, 3.63) is 17.7 Å². The summed E-state index contributed by atoms with van der Waals surface area (Å²) in [7, 11) is 0. The zero-order chi connectivity index (χ0) is 19.9. The lowest BCUT2D eigenvalue weighted by Crippen LogP contribution is -2.42. The summed E-state index contributed by atoms with van der Waals surface area (Å²) in [5.74, 6) is 2.08. The topological polar surface area (TPSA) is 67.8 Å². The monoisotopic (exact) mass is 390 g/mol. The number of hydrogen-bond acceptors (Lipinski definition) is 6. The fraction of sp³-hybridized carbons (Fsp3) is 0.762. The number of carbonyl (C=O) groups is 1. The van der Waals surface area contributed by atoms with E-state index in [0.717, 1.165) is 75.6 Å². The van der Waals surface area contributed by atoms with Crippen molar-refractivity contribution in [2.75, 3.05) is 39.4 Å². The summed E-state index contributed by atoms with van der Waals surface area (Å²) >= 11 is 0. The summed E-state index contributed by atoms with van der Waals surface area (Å²) in [4.78, 5) is 25.5. The summed E-state index contributed by atoms with van der Waals surface area (Å²) < 4.78 is 10.9. The number of hydrogen-bond donors (Lipinski definition) is 0. The molecule has 1 atom stereocenters. The molecule has 156 valence electrons. The minimum Gasteiger partial charge on any atom is -0.490 e. The van der Waals surface area contributed by atoms with Crippen molar-refractivity contribution in [1.82, 2.24) is 19.8 Å². The Morgan fingerprint density at radius 1 is 1.11 bits per heavy atom. The van der Waals surface area contributed by atoms with Crippen LogP contribution in [0.15, 0.2) is 6.20 Å². The molecular weight excluding hydrogens is 356 g/mol. The van der Waals surface area contributed by atoms with Crippen LogP contribution in [0.2, 0.25) is 0 Å². The molecule has 0 saturated carbocycles. The molecule has 0 bridgehead atoms. The van der Waals surface area contributed by atoms with Gasteiger partial charge in [-0.05, 0) is 66.0 Å². The number of nitrogens with zero attached hydrogens (tertiary/aromatic N) is 4. The van der Waals surface area contributed by atoms with E-state index in [1.807, 2.05) is 31.9 Å². The maximum absolute atomic E-state index is 12.0. The number of piperidine rings is 1. The first-order valence-corrected chi connectivity index (χ1v) is 10.7. The van der Waals surface area contributed by atoms with Gasteiger partial charge in [-0.1, -0.05) is 0 Å². The lowest BCUT2D eigenvalue weighted by atomic mass is 9.91. The predicted molar refractivity (Wildman–Crippen MR) is 108 cm³/mol. The fourth-order valence-corrected chi connectivity index (χ4v) is 4.41. The highest BCUT2D eigenvalue weighted by Gasteiger charge is 2.30. The number of aryl methyl sites for hydroxylation is 1. The number of aromatic nitrogens is 2. The van der Waals surface area contributed by atoms with E-state index in [1.165, 1.54) is 0 Å². The van der Waals surface area contributed by atoms with Crippen LogP contribution in [0.4, 0.5) is 4.79 Å². The van der Waals surface area contributed by atoms with Gasteiger partial charge in [0.25, 0.3) is 0 Å². The summed E-state index contributed by atoms with van der Waals surface area (Å²) in [6.07, 6.45) is 7.07. The van der Waals surface area contributed by atoms with Gasteiger partial charge in [0.05, 0.1) is 25.1 Å². The maximum atomic E-state index is 12.0. The number of likely N-dealkylation sites (tertiary alicyclic amines) is 2. The number of amides is 1. The third-order valence-corrected chi connectivity index (χ3v) is 5.86. The van der Waals surface area contributed by atoms with Gasteiger partial charge in [-0.15, -0.1) is 0 Å². The molecule has 2 saturated heterocycles. The van der Waals surface area contributed by atoms with Crippen LogP contribution in [-0.4, -0.2) is 71.3 Å². The molecule has 1 amide bonds. The SMILES string of the molecule is CCOC(=O)N1CCCC(N2CCC(c3nc(C)ncc3OCC)CC2)CC1. The van der Waals surface area contributed by atoms with Crippen molar-refractivity contribution < 1.29 is 14.3 Å². The molecule has 2 aliphatic rings. The molecule has 7 heteroatoms. The molecule has 28 heavy (non-hydrogen) atoms. The molecule has 3 heterocycles. The number of ether oxygens (including phenoxy) is 2. The first-order chi connectivity index (χ1) is 13.6. The van der Waals surface area contributed by atoms with Crippen molar-refractivity contribution >= 4 is 6.09 Å². The maximum Gasteiger partial charge on any atom is 0.409 e. The van der Waals surface area contributed by atoms with Crippen molar-refractivity contribution in [3.63, 3.8) is 0 Å². The Balaban J connectivity index is 1.56. The second-order valence-electron chi connectivity index (χ2n) is 7.68. The molecule has 0 spiro atoms. The van der Waals surface area contributed by atoms with Crippen LogP contribution in [-0.2, 0) is 4.74 Å². The summed E-state index contributed by atoms with van der Waals surface area (Å²) in [5, 5.41) is 0. The van der Waals surface area contributed by atoms with Gasteiger partial charge in [0, 0.05) is 25.0 Å². The highest BCUT2D eigenvalue weighted by Crippen LogP contribution is 2.34. The summed E-state index contributed by atoms with van der Waals surface area (Å²) in [6, 6.07) is 0.555. The molecule has 1 aromatic heterocycles. The number of rotatable bonds is 5. The standard InChI is InChI=1S/C21H34N4O3/c1-4-27-19-15-22-16(3)23-20(19)17-8-12-24(13-9-17)18-7-6-11-25(14-10-18)21(26)28-5-2/h15,17-18H,4-14H2,1-3H3. The quantitative estimate of drug-likeness (QED) is 0.768. The van der Waals surface area contributed by atoms with Crippen LogP contribution >= 0.6 is 0 Å². The van der Waals surface area contributed by atoms with Gasteiger partial charge in [-0.2, -0.15) is 0 Å². The highest BCUT2D eigenvalue weighted by atomic mass is 16.6. The average molecular weight is 391 g/mol. The molecule has 0 radical (unpaired) electrons. The van der Waals surface area contributed by atoms with E-state index in [-0.39, 0.29) is 6.09 Å². The Morgan fingerprint density at radius 3 is 2.61 bits per heavy atom. The van der Waals surface area contributed by atoms with Crippen molar-refractivity contribution in [3.8, 4) is 5.75 Å². The van der Waals surface area contributed by atoms with Crippen LogP contribution in [0.3, 0.4) is 0 Å². The zero-order valence-corrected chi connectivity index (χ0v) is 17.5. The number of carbonyl (C=O) groups excluding carboxylic acids is 1. The highest BCUT2D eigenvalue weighted by molar-refractivity contribution is 5.67. The Morgan fingerprint density at radius 2 is 1.89 bits per heavy atom. The van der Waals surface area contributed by atoms with Crippen molar-refractivity contribution in [2.45, 2.75) is 64.8 Å². The molecule has 2 fully saturated rings. The predicted octanol–water partition coefficient (Wildman–Crippen LogP) is 3.37.